The molecule has 0 unspecified atom stereocenters. The van der Waals surface area contributed by atoms with Gasteiger partial charge in [-0.3, -0.25) is 9.59 Å². The van der Waals surface area contributed by atoms with Gasteiger partial charge in [0.1, 0.15) is 0 Å². The van der Waals surface area contributed by atoms with Crippen LogP contribution in [0.3, 0.4) is 0 Å². The monoisotopic (exact) mass is 404 g/mol. The molecule has 106 valence electrons. The van der Waals surface area contributed by atoms with E-state index in [1.165, 1.54) is 6.08 Å². The van der Waals surface area contributed by atoms with Gasteiger partial charge in [0.2, 0.25) is 5.78 Å². The molecule has 0 saturated carbocycles. The Morgan fingerprint density at radius 1 is 1.50 bits per heavy atom. The molecule has 1 aliphatic carbocycles. The van der Waals surface area contributed by atoms with Gasteiger partial charge in [-0.15, -0.1) is 0 Å². The average Bonchev–Trinajstić information content (AvgIpc) is 2.19. The summed E-state index contributed by atoms with van der Waals surface area (Å²) < 4.78 is 0. The van der Waals surface area contributed by atoms with Gasteiger partial charge in [-0.25, -0.2) is 0 Å². The Balaban J connectivity index is -0.000000750. The maximum absolute atomic E-state index is 11.5. The van der Waals surface area contributed by atoms with E-state index in [0.717, 1.165) is 5.57 Å². The molecule has 8 N–H and O–H groups in total. The first-order valence-corrected chi connectivity index (χ1v) is 4.68. The van der Waals surface area contributed by atoms with Crippen molar-refractivity contribution in [2.45, 2.75) is 13.3 Å². The number of nitrogens with two attached hydrogens (primary N) is 1. The molecule has 7 nitrogen and oxygen atoms in total. The number of carbonyl (C=O) groups excluding carboxylic acids is 2. The predicted octanol–water partition coefficient (Wildman–Crippen LogP) is -1.86. The van der Waals surface area contributed by atoms with Crippen molar-refractivity contribution in [2.75, 3.05) is 13.1 Å². The number of hydrogen-bond donors (Lipinski definition) is 3. The van der Waals surface area contributed by atoms with Crippen LogP contribution in [-0.4, -0.2) is 40.8 Å². The van der Waals surface area contributed by atoms with E-state index in [9.17, 15) is 14.7 Å². The van der Waals surface area contributed by atoms with Crippen LogP contribution in [-0.2, 0) is 9.59 Å². The van der Waals surface area contributed by atoms with Gasteiger partial charge in [0, 0.05) is 59.5 Å². The summed E-state index contributed by atoms with van der Waals surface area (Å²) in [6.45, 7) is 2.37. The summed E-state index contributed by atoms with van der Waals surface area (Å²) in [6, 6.07) is 0. The second kappa shape index (κ2) is 10.5. The van der Waals surface area contributed by atoms with E-state index in [0.29, 0.717) is 13.1 Å². The van der Waals surface area contributed by atoms with E-state index in [4.69, 9.17) is 5.73 Å². The number of hydrogen-bond acceptors (Lipinski definition) is 4. The third-order valence-electron chi connectivity index (χ3n) is 2.02. The second-order valence-electron chi connectivity index (χ2n) is 3.40. The van der Waals surface area contributed by atoms with Gasteiger partial charge >= 0.3 is 0 Å². The van der Waals surface area contributed by atoms with Crippen molar-refractivity contribution < 1.29 is 65.6 Å². The van der Waals surface area contributed by atoms with Crippen LogP contribution in [0.2, 0.25) is 0 Å². The van der Waals surface area contributed by atoms with Gasteiger partial charge in [0.05, 0.1) is 5.57 Å². The molecule has 0 aromatic rings. The summed E-state index contributed by atoms with van der Waals surface area (Å²) >= 11 is 0. The molecule has 0 aliphatic heterocycles. The maximum atomic E-state index is 11.5. The van der Waals surface area contributed by atoms with Crippen LogP contribution in [0, 0.1) is 39.9 Å². The Labute approximate surface area is 137 Å². The van der Waals surface area contributed by atoms with Crippen molar-refractivity contribution in [1.82, 2.24) is 5.32 Å². The van der Waals surface area contributed by atoms with E-state index in [1.807, 2.05) is 0 Å². The van der Waals surface area contributed by atoms with Gasteiger partial charge in [-0.2, -0.15) is 0 Å². The summed E-state index contributed by atoms with van der Waals surface area (Å²) in [5.41, 5.74) is 6.01. The number of allylic oxidation sites excluding steroid dienone is 2. The Morgan fingerprint density at radius 3 is 2.56 bits per heavy atom. The molecule has 0 atom stereocenters. The zero-order valence-electron chi connectivity index (χ0n) is 9.89. The van der Waals surface area contributed by atoms with Gasteiger partial charge in [-0.1, -0.05) is 5.57 Å². The molecular formula is C10H18GdN2O5. The van der Waals surface area contributed by atoms with Crippen LogP contribution in [0.1, 0.15) is 13.3 Å². The van der Waals surface area contributed by atoms with Gasteiger partial charge in [0.15, 0.2) is 5.76 Å². The molecule has 0 fully saturated rings. The number of rotatable bonds is 3. The maximum Gasteiger partial charge on any atom is 0.255 e. The Morgan fingerprint density at radius 2 is 2.06 bits per heavy atom. The normalized spacial score (nSPS) is 13.7. The van der Waals surface area contributed by atoms with E-state index in [2.05, 4.69) is 5.32 Å². The number of Topliss-reactive ketones (excluding diaryl/α,β-unsaturated/α-hetero) is 1. The molecule has 0 aromatic heterocycles. The van der Waals surface area contributed by atoms with Crippen LogP contribution in [0.4, 0.5) is 0 Å². The van der Waals surface area contributed by atoms with Gasteiger partial charge < -0.3 is 27.1 Å². The molecule has 8 heteroatoms. The minimum Gasteiger partial charge on any atom is -0.504 e. The van der Waals surface area contributed by atoms with Crippen molar-refractivity contribution in [3.63, 3.8) is 0 Å². The number of aliphatic hydroxyl groups excluding tert-OH is 1. The topological polar surface area (TPSA) is 155 Å². The second-order valence-corrected chi connectivity index (χ2v) is 3.40. The molecule has 0 heterocycles. The van der Waals surface area contributed by atoms with Crippen molar-refractivity contribution in [3.8, 4) is 0 Å². The molecule has 0 saturated heterocycles. The van der Waals surface area contributed by atoms with Crippen LogP contribution in [0.5, 0.6) is 0 Å². The first kappa shape index (κ1) is 22.8. The molecule has 0 bridgehead atoms. The summed E-state index contributed by atoms with van der Waals surface area (Å²) in [7, 11) is 0. The number of aliphatic hydroxyl groups is 1. The third-order valence-corrected chi connectivity index (χ3v) is 2.02. The zero-order chi connectivity index (χ0) is 11.4. The summed E-state index contributed by atoms with van der Waals surface area (Å²) in [4.78, 5) is 22.7. The first-order chi connectivity index (χ1) is 7.06. The SMILES string of the molecule is CC1=CC(C(=O)NCCN)=C(O)C(=O)C1.O.O.[Gd]. The Hall–Kier alpha value is -0.375. The van der Waals surface area contributed by atoms with Crippen molar-refractivity contribution in [1.29, 1.82) is 0 Å². The van der Waals surface area contributed by atoms with Gasteiger partial charge in [-0.05, 0) is 13.0 Å². The van der Waals surface area contributed by atoms with E-state index in [1.54, 1.807) is 6.92 Å². The zero-order valence-corrected chi connectivity index (χ0v) is 12.2. The fraction of sp³-hybridized carbons (Fsp3) is 0.400. The molecular weight excluding hydrogens is 385 g/mol. The van der Waals surface area contributed by atoms with Crippen LogP contribution in [0.25, 0.3) is 0 Å². The van der Waals surface area contributed by atoms with Crippen molar-refractivity contribution >= 4 is 11.7 Å². The quantitative estimate of drug-likeness (QED) is 0.505. The van der Waals surface area contributed by atoms with E-state index < -0.39 is 17.4 Å². The minimum atomic E-state index is -0.467. The van der Waals surface area contributed by atoms with Crippen LogP contribution >= 0.6 is 0 Å². The molecule has 1 aliphatic rings. The molecule has 18 heavy (non-hydrogen) atoms. The summed E-state index contributed by atoms with van der Waals surface area (Å²) in [6.07, 6.45) is 1.68. The smallest absolute Gasteiger partial charge is 0.255 e. The van der Waals surface area contributed by atoms with Crippen LogP contribution in [0.15, 0.2) is 23.0 Å². The third kappa shape index (κ3) is 5.99. The Bertz CT molecular complexity index is 365. The number of ketones is 1. The number of carbonyl (C=O) groups is 2. The molecule has 1 amide bonds. The minimum absolute atomic E-state index is 0. The predicted molar refractivity (Wildman–Crippen MR) is 62.3 cm³/mol. The van der Waals surface area contributed by atoms with Gasteiger partial charge in [0.25, 0.3) is 5.91 Å². The molecule has 0 aromatic carbocycles. The standard InChI is InChI=1S/C10H14N2O3.Gd.2H2O/c1-6-4-7(9(14)8(13)5-6)10(15)12-3-2-11;;;/h4,14H,2-3,5,11H2,1H3,(H,12,15);;2*1H2. The fourth-order valence-electron chi connectivity index (χ4n) is 1.31. The van der Waals surface area contributed by atoms with Crippen LogP contribution < -0.4 is 11.1 Å². The van der Waals surface area contributed by atoms with E-state index in [-0.39, 0.29) is 62.9 Å². The van der Waals surface area contributed by atoms with Crippen molar-refractivity contribution in [3.05, 3.63) is 23.0 Å². The molecule has 0 radical (unpaired) electrons. The molecule has 0 spiro atoms. The van der Waals surface area contributed by atoms with Crippen molar-refractivity contribution in [2.24, 2.45) is 5.73 Å². The summed E-state index contributed by atoms with van der Waals surface area (Å²) in [5.74, 6) is -1.35. The first-order valence-electron chi connectivity index (χ1n) is 4.68. The Kier molecular flexibility index (Phi) is 13.3. The fourth-order valence-corrected chi connectivity index (χ4v) is 1.31. The molecule has 1 rings (SSSR count). The average molecular weight is 404 g/mol. The number of nitrogens with one attached hydrogen (secondary N) is 1. The van der Waals surface area contributed by atoms with E-state index >= 15 is 0 Å². The number of amides is 1. The largest absolute Gasteiger partial charge is 0.504 e. The summed E-state index contributed by atoms with van der Waals surface area (Å²) in [5, 5.41) is 11.9.